The summed E-state index contributed by atoms with van der Waals surface area (Å²) in [6.07, 6.45) is 0. The van der Waals surface area contributed by atoms with E-state index in [0.29, 0.717) is 11.4 Å². The first-order chi connectivity index (χ1) is 6.95. The average molecular weight is 212 g/mol. The van der Waals surface area contributed by atoms with Crippen LogP contribution in [0.3, 0.4) is 0 Å². The second kappa shape index (κ2) is 6.22. The summed E-state index contributed by atoms with van der Waals surface area (Å²) in [7, 11) is 1.48. The number of hydrogen-bond donors (Lipinski definition) is 1. The Hall–Kier alpha value is -1.32. The van der Waals surface area contributed by atoms with Gasteiger partial charge in [-0.3, -0.25) is 0 Å². The van der Waals surface area contributed by atoms with Crippen molar-refractivity contribution < 1.29 is 10.0 Å². The molecule has 0 bridgehead atoms. The Labute approximate surface area is 91.3 Å². The lowest BCUT2D eigenvalue weighted by molar-refractivity contribution is 0.212. The first-order valence-corrected chi connectivity index (χ1v) is 4.89. The standard InChI is InChI=1S/C11H20N2O2/c1-7(2)8(3)9(4)11(13-15-6)10(5)12-14/h9,14H,1-6H3/b12-10+,13-11+. The van der Waals surface area contributed by atoms with Crippen molar-refractivity contribution in [2.24, 2.45) is 16.2 Å². The van der Waals surface area contributed by atoms with Gasteiger partial charge in [-0.15, -0.1) is 0 Å². The van der Waals surface area contributed by atoms with E-state index in [9.17, 15) is 0 Å². The molecule has 0 saturated carbocycles. The Morgan fingerprint density at radius 2 is 1.73 bits per heavy atom. The maximum Gasteiger partial charge on any atom is 0.111 e. The summed E-state index contributed by atoms with van der Waals surface area (Å²) in [5.74, 6) is 0.0887. The molecule has 0 amide bonds. The predicted octanol–water partition coefficient (Wildman–Crippen LogP) is 2.83. The summed E-state index contributed by atoms with van der Waals surface area (Å²) in [6.45, 7) is 9.83. The summed E-state index contributed by atoms with van der Waals surface area (Å²) in [6, 6.07) is 0. The molecule has 4 heteroatoms. The lowest BCUT2D eigenvalue weighted by Gasteiger charge is -2.15. The van der Waals surface area contributed by atoms with E-state index < -0.39 is 0 Å². The highest BCUT2D eigenvalue weighted by Crippen LogP contribution is 2.17. The van der Waals surface area contributed by atoms with Gasteiger partial charge >= 0.3 is 0 Å². The maximum absolute atomic E-state index is 8.74. The van der Waals surface area contributed by atoms with Gasteiger partial charge in [-0.1, -0.05) is 28.4 Å². The molecule has 0 aliphatic rings. The summed E-state index contributed by atoms with van der Waals surface area (Å²) in [4.78, 5) is 4.75. The Morgan fingerprint density at radius 3 is 2.07 bits per heavy atom. The van der Waals surface area contributed by atoms with E-state index in [4.69, 9.17) is 10.0 Å². The zero-order valence-electron chi connectivity index (χ0n) is 10.3. The van der Waals surface area contributed by atoms with E-state index in [1.165, 1.54) is 18.3 Å². The largest absolute Gasteiger partial charge is 0.411 e. The minimum absolute atomic E-state index is 0.0887. The van der Waals surface area contributed by atoms with Crippen molar-refractivity contribution in [2.45, 2.75) is 34.6 Å². The lowest BCUT2D eigenvalue weighted by atomic mass is 9.92. The van der Waals surface area contributed by atoms with Gasteiger partial charge in [0.2, 0.25) is 0 Å². The molecule has 86 valence electrons. The van der Waals surface area contributed by atoms with Crippen LogP contribution in [0.4, 0.5) is 0 Å². The van der Waals surface area contributed by atoms with E-state index >= 15 is 0 Å². The number of hydrogen-bond acceptors (Lipinski definition) is 4. The molecule has 0 aliphatic heterocycles. The number of rotatable bonds is 4. The summed E-state index contributed by atoms with van der Waals surface area (Å²) in [5, 5.41) is 15.8. The molecule has 0 aromatic heterocycles. The number of oxime groups is 2. The fraction of sp³-hybridized carbons (Fsp3) is 0.636. The van der Waals surface area contributed by atoms with Crippen molar-refractivity contribution >= 4 is 11.4 Å². The molecule has 0 spiro atoms. The fourth-order valence-corrected chi connectivity index (χ4v) is 1.25. The molecule has 1 atom stereocenters. The second-order valence-electron chi connectivity index (χ2n) is 3.75. The SMILES string of the molecule is CO/N=C(/C(C)=N/O)C(C)C(C)=C(C)C. The van der Waals surface area contributed by atoms with Gasteiger partial charge in [0.15, 0.2) is 0 Å². The van der Waals surface area contributed by atoms with E-state index in [1.54, 1.807) is 6.92 Å². The molecule has 0 rings (SSSR count). The summed E-state index contributed by atoms with van der Waals surface area (Å²) >= 11 is 0. The zero-order valence-corrected chi connectivity index (χ0v) is 10.3. The Bertz CT molecular complexity index is 300. The van der Waals surface area contributed by atoms with Crippen LogP contribution in [0.25, 0.3) is 0 Å². The van der Waals surface area contributed by atoms with Crippen LogP contribution in [-0.2, 0) is 4.84 Å². The van der Waals surface area contributed by atoms with Crippen molar-refractivity contribution in [1.82, 2.24) is 0 Å². The molecular formula is C11H20N2O2. The Kier molecular flexibility index (Phi) is 5.67. The van der Waals surface area contributed by atoms with Gasteiger partial charge in [0, 0.05) is 5.92 Å². The first-order valence-electron chi connectivity index (χ1n) is 4.89. The highest BCUT2D eigenvalue weighted by Gasteiger charge is 2.17. The first kappa shape index (κ1) is 13.7. The van der Waals surface area contributed by atoms with E-state index in [2.05, 4.69) is 10.3 Å². The van der Waals surface area contributed by atoms with Gasteiger partial charge in [-0.25, -0.2) is 0 Å². The third-order valence-electron chi connectivity index (χ3n) is 2.56. The summed E-state index contributed by atoms with van der Waals surface area (Å²) in [5.41, 5.74) is 3.56. The van der Waals surface area contributed by atoms with Crippen molar-refractivity contribution in [3.8, 4) is 0 Å². The molecule has 15 heavy (non-hydrogen) atoms. The minimum atomic E-state index is 0.0887. The summed E-state index contributed by atoms with van der Waals surface area (Å²) < 4.78 is 0. The van der Waals surface area contributed by atoms with Gasteiger partial charge < -0.3 is 10.0 Å². The van der Waals surface area contributed by atoms with Crippen molar-refractivity contribution in [3.05, 3.63) is 11.1 Å². The lowest BCUT2D eigenvalue weighted by Crippen LogP contribution is -2.21. The third-order valence-corrected chi connectivity index (χ3v) is 2.56. The fourth-order valence-electron chi connectivity index (χ4n) is 1.25. The van der Waals surface area contributed by atoms with Gasteiger partial charge in [0.25, 0.3) is 0 Å². The van der Waals surface area contributed by atoms with Crippen molar-refractivity contribution in [3.63, 3.8) is 0 Å². The van der Waals surface area contributed by atoms with Crippen LogP contribution in [0.2, 0.25) is 0 Å². The molecule has 1 N–H and O–H groups in total. The normalized spacial score (nSPS) is 14.8. The number of allylic oxidation sites excluding steroid dienone is 2. The monoisotopic (exact) mass is 212 g/mol. The van der Waals surface area contributed by atoms with Crippen LogP contribution >= 0.6 is 0 Å². The van der Waals surface area contributed by atoms with Crippen LogP contribution < -0.4 is 0 Å². The Morgan fingerprint density at radius 1 is 1.20 bits per heavy atom. The molecule has 1 unspecified atom stereocenters. The van der Waals surface area contributed by atoms with Gasteiger partial charge in [0.05, 0.1) is 0 Å². The van der Waals surface area contributed by atoms with Crippen LogP contribution in [-0.4, -0.2) is 23.7 Å². The van der Waals surface area contributed by atoms with Gasteiger partial charge in [-0.05, 0) is 27.7 Å². The van der Waals surface area contributed by atoms with Crippen LogP contribution in [0, 0.1) is 5.92 Å². The molecule has 0 aromatic carbocycles. The van der Waals surface area contributed by atoms with E-state index in [-0.39, 0.29) is 5.92 Å². The quantitative estimate of drug-likeness (QED) is 0.337. The molecule has 0 radical (unpaired) electrons. The maximum atomic E-state index is 8.74. The predicted molar refractivity (Wildman–Crippen MR) is 62.6 cm³/mol. The van der Waals surface area contributed by atoms with E-state index in [0.717, 1.165) is 0 Å². The molecule has 0 heterocycles. The minimum Gasteiger partial charge on any atom is -0.411 e. The molecule has 0 saturated heterocycles. The van der Waals surface area contributed by atoms with Crippen molar-refractivity contribution in [2.75, 3.05) is 7.11 Å². The highest BCUT2D eigenvalue weighted by molar-refractivity contribution is 6.42. The molecule has 4 nitrogen and oxygen atoms in total. The molecule has 0 aliphatic carbocycles. The molecule has 0 fully saturated rings. The number of nitrogens with zero attached hydrogens (tertiary/aromatic N) is 2. The smallest absolute Gasteiger partial charge is 0.111 e. The second-order valence-corrected chi connectivity index (χ2v) is 3.75. The van der Waals surface area contributed by atoms with Crippen LogP contribution in [0.1, 0.15) is 34.6 Å². The van der Waals surface area contributed by atoms with Crippen LogP contribution in [0.5, 0.6) is 0 Å². The molecular weight excluding hydrogens is 192 g/mol. The Balaban J connectivity index is 5.14. The van der Waals surface area contributed by atoms with E-state index in [1.807, 2.05) is 27.7 Å². The third kappa shape index (κ3) is 3.73. The van der Waals surface area contributed by atoms with Crippen LogP contribution in [0.15, 0.2) is 21.5 Å². The zero-order chi connectivity index (χ0) is 12.0. The van der Waals surface area contributed by atoms with Gasteiger partial charge in [0.1, 0.15) is 18.5 Å². The van der Waals surface area contributed by atoms with Gasteiger partial charge in [-0.2, -0.15) is 0 Å². The highest BCUT2D eigenvalue weighted by atomic mass is 16.6. The topological polar surface area (TPSA) is 54.2 Å². The average Bonchev–Trinajstić information content (AvgIpc) is 2.22. The molecule has 0 aromatic rings. The van der Waals surface area contributed by atoms with Crippen molar-refractivity contribution in [1.29, 1.82) is 0 Å².